The molecule has 96 valence electrons. The van der Waals surface area contributed by atoms with Crippen LogP contribution >= 0.6 is 11.8 Å². The van der Waals surface area contributed by atoms with Crippen molar-refractivity contribution in [2.45, 2.75) is 18.4 Å². The van der Waals surface area contributed by atoms with E-state index in [2.05, 4.69) is 24.4 Å². The Bertz CT molecular complexity index is 469. The Morgan fingerprint density at radius 3 is 2.59 bits per heavy atom. The van der Waals surface area contributed by atoms with Gasteiger partial charge in [-0.05, 0) is 37.2 Å². The van der Waals surface area contributed by atoms with E-state index in [1.807, 2.05) is 13.1 Å². The molecule has 0 amide bonds. The van der Waals surface area contributed by atoms with Crippen LogP contribution in [0.4, 0.5) is 0 Å². The molecule has 17 heavy (non-hydrogen) atoms. The van der Waals surface area contributed by atoms with Gasteiger partial charge in [-0.2, -0.15) is 0 Å². The van der Waals surface area contributed by atoms with Crippen molar-refractivity contribution in [3.05, 3.63) is 29.3 Å². The molecule has 0 atom stereocenters. The number of nitrogens with one attached hydrogen (secondary N) is 1. The molecule has 0 bridgehead atoms. The minimum Gasteiger partial charge on any atom is -0.316 e. The van der Waals surface area contributed by atoms with Crippen LogP contribution in [0.3, 0.4) is 0 Å². The third-order valence-corrected chi connectivity index (χ3v) is 4.60. The highest BCUT2D eigenvalue weighted by atomic mass is 32.2. The van der Waals surface area contributed by atoms with Crippen molar-refractivity contribution in [1.29, 1.82) is 0 Å². The summed E-state index contributed by atoms with van der Waals surface area (Å²) in [6.45, 7) is 2.94. The molecule has 0 aliphatic carbocycles. The highest BCUT2D eigenvalue weighted by Crippen LogP contribution is 2.21. The minimum atomic E-state index is -2.85. The van der Waals surface area contributed by atoms with E-state index in [1.165, 1.54) is 17.4 Å². The number of hydrogen-bond donors (Lipinski definition) is 1. The summed E-state index contributed by atoms with van der Waals surface area (Å²) in [5.74, 6) is 0.846. The van der Waals surface area contributed by atoms with Gasteiger partial charge in [-0.15, -0.1) is 11.8 Å². The maximum absolute atomic E-state index is 11.0. The monoisotopic (exact) mass is 273 g/mol. The van der Waals surface area contributed by atoms with E-state index in [9.17, 15) is 8.42 Å². The second-order valence-electron chi connectivity index (χ2n) is 4.10. The summed E-state index contributed by atoms with van der Waals surface area (Å²) >= 11 is 1.59. The van der Waals surface area contributed by atoms with E-state index in [0.29, 0.717) is 5.75 Å². The average molecular weight is 273 g/mol. The van der Waals surface area contributed by atoms with Crippen LogP contribution in [0.1, 0.15) is 11.1 Å². The van der Waals surface area contributed by atoms with Gasteiger partial charge in [-0.25, -0.2) is 8.42 Å². The zero-order valence-corrected chi connectivity index (χ0v) is 12.1. The summed E-state index contributed by atoms with van der Waals surface area (Å²) in [5.41, 5.74) is 2.52. The SMILES string of the molecule is CNCc1ccc(SCCS(C)(=O)=O)cc1C. The number of aryl methyl sites for hydroxylation is 1. The molecule has 1 rings (SSSR count). The van der Waals surface area contributed by atoms with Gasteiger partial charge < -0.3 is 5.32 Å². The minimum absolute atomic E-state index is 0.231. The van der Waals surface area contributed by atoms with E-state index >= 15 is 0 Å². The first-order chi connectivity index (χ1) is 7.92. The van der Waals surface area contributed by atoms with Crippen molar-refractivity contribution >= 4 is 21.6 Å². The van der Waals surface area contributed by atoms with Gasteiger partial charge in [0.15, 0.2) is 0 Å². The first-order valence-electron chi connectivity index (χ1n) is 5.47. The summed E-state index contributed by atoms with van der Waals surface area (Å²) in [6.07, 6.45) is 1.27. The largest absolute Gasteiger partial charge is 0.316 e. The lowest BCUT2D eigenvalue weighted by Gasteiger charge is -2.07. The van der Waals surface area contributed by atoms with Gasteiger partial charge in [0.05, 0.1) is 5.75 Å². The van der Waals surface area contributed by atoms with Crippen LogP contribution in [0.5, 0.6) is 0 Å². The third-order valence-electron chi connectivity index (χ3n) is 2.40. The molecular weight excluding hydrogens is 254 g/mol. The first kappa shape index (κ1) is 14.5. The van der Waals surface area contributed by atoms with Crippen LogP contribution in [-0.2, 0) is 16.4 Å². The van der Waals surface area contributed by atoms with E-state index in [1.54, 1.807) is 11.8 Å². The normalized spacial score (nSPS) is 11.7. The first-order valence-corrected chi connectivity index (χ1v) is 8.51. The molecule has 0 aliphatic heterocycles. The molecule has 3 nitrogen and oxygen atoms in total. The molecule has 0 heterocycles. The van der Waals surface area contributed by atoms with Crippen molar-refractivity contribution in [3.63, 3.8) is 0 Å². The molecule has 5 heteroatoms. The van der Waals surface area contributed by atoms with Crippen LogP contribution in [0, 0.1) is 6.92 Å². The van der Waals surface area contributed by atoms with Crippen LogP contribution < -0.4 is 5.32 Å². The summed E-state index contributed by atoms with van der Waals surface area (Å²) < 4.78 is 22.0. The molecule has 0 radical (unpaired) electrons. The van der Waals surface area contributed by atoms with Crippen LogP contribution in [-0.4, -0.2) is 33.2 Å². The molecule has 0 fully saturated rings. The Hall–Kier alpha value is -0.520. The number of benzene rings is 1. The fourth-order valence-corrected chi connectivity index (χ4v) is 3.66. The smallest absolute Gasteiger partial charge is 0.148 e. The highest BCUT2D eigenvalue weighted by Gasteiger charge is 2.04. The third kappa shape index (κ3) is 5.57. The van der Waals surface area contributed by atoms with E-state index in [4.69, 9.17) is 0 Å². The zero-order valence-electron chi connectivity index (χ0n) is 10.5. The summed E-state index contributed by atoms with van der Waals surface area (Å²) in [7, 11) is -0.927. The Kier molecular flexibility index (Phi) is 5.49. The van der Waals surface area contributed by atoms with Crippen molar-refractivity contribution in [2.24, 2.45) is 0 Å². The second-order valence-corrected chi connectivity index (χ2v) is 7.53. The lowest BCUT2D eigenvalue weighted by Crippen LogP contribution is -2.07. The van der Waals surface area contributed by atoms with Crippen molar-refractivity contribution in [1.82, 2.24) is 5.32 Å². The van der Waals surface area contributed by atoms with Gasteiger partial charge in [0, 0.05) is 23.4 Å². The van der Waals surface area contributed by atoms with Gasteiger partial charge in [0.1, 0.15) is 9.84 Å². The van der Waals surface area contributed by atoms with Crippen LogP contribution in [0.25, 0.3) is 0 Å². The van der Waals surface area contributed by atoms with Crippen LogP contribution in [0.15, 0.2) is 23.1 Å². The Morgan fingerprint density at radius 1 is 1.35 bits per heavy atom. The molecule has 0 aliphatic rings. The van der Waals surface area contributed by atoms with Crippen LogP contribution in [0.2, 0.25) is 0 Å². The van der Waals surface area contributed by atoms with E-state index in [-0.39, 0.29) is 5.75 Å². The standard InChI is InChI=1S/C12H19NO2S2/c1-10-8-12(5-4-11(10)9-13-2)16-6-7-17(3,14)15/h4-5,8,13H,6-7,9H2,1-3H3. The number of sulfone groups is 1. The fourth-order valence-electron chi connectivity index (χ4n) is 1.46. The van der Waals surface area contributed by atoms with Gasteiger partial charge in [-0.1, -0.05) is 6.07 Å². The lowest BCUT2D eigenvalue weighted by atomic mass is 10.1. The van der Waals surface area contributed by atoms with Gasteiger partial charge >= 0.3 is 0 Å². The maximum atomic E-state index is 11.0. The van der Waals surface area contributed by atoms with Crippen molar-refractivity contribution in [3.8, 4) is 0 Å². The van der Waals surface area contributed by atoms with E-state index < -0.39 is 9.84 Å². The predicted molar refractivity (Wildman–Crippen MR) is 74.4 cm³/mol. The molecular formula is C12H19NO2S2. The fraction of sp³-hybridized carbons (Fsp3) is 0.500. The summed E-state index contributed by atoms with van der Waals surface area (Å²) in [5, 5.41) is 3.12. The Morgan fingerprint density at radius 2 is 2.06 bits per heavy atom. The lowest BCUT2D eigenvalue weighted by molar-refractivity contribution is 0.603. The quantitative estimate of drug-likeness (QED) is 0.804. The number of hydrogen-bond acceptors (Lipinski definition) is 4. The summed E-state index contributed by atoms with van der Waals surface area (Å²) in [6, 6.07) is 6.25. The zero-order chi connectivity index (χ0) is 12.9. The van der Waals surface area contributed by atoms with Gasteiger partial charge in [-0.3, -0.25) is 0 Å². The topological polar surface area (TPSA) is 46.2 Å². The Labute approximate surface area is 108 Å². The van der Waals surface area contributed by atoms with Crippen molar-refractivity contribution in [2.75, 3.05) is 24.8 Å². The molecule has 1 aromatic rings. The molecule has 1 aromatic carbocycles. The van der Waals surface area contributed by atoms with Crippen molar-refractivity contribution < 1.29 is 8.42 Å². The summed E-state index contributed by atoms with van der Waals surface area (Å²) in [4.78, 5) is 1.13. The maximum Gasteiger partial charge on any atom is 0.148 e. The average Bonchev–Trinajstić information content (AvgIpc) is 2.20. The van der Waals surface area contributed by atoms with Gasteiger partial charge in [0.2, 0.25) is 0 Å². The molecule has 1 N–H and O–H groups in total. The second kappa shape index (κ2) is 6.42. The van der Waals surface area contributed by atoms with E-state index in [0.717, 1.165) is 11.4 Å². The number of rotatable bonds is 6. The molecule has 0 spiro atoms. The molecule has 0 unspecified atom stereocenters. The van der Waals surface area contributed by atoms with Gasteiger partial charge in [0.25, 0.3) is 0 Å². The number of thioether (sulfide) groups is 1. The molecule has 0 aromatic heterocycles. The molecule has 0 saturated carbocycles. The predicted octanol–water partition coefficient (Wildman–Crippen LogP) is 1.85. The highest BCUT2D eigenvalue weighted by molar-refractivity contribution is 8.00. The molecule has 0 saturated heterocycles. The Balaban J connectivity index is 2.58.